The zero-order chi connectivity index (χ0) is 21.5. The third-order valence-electron chi connectivity index (χ3n) is 5.89. The van der Waals surface area contributed by atoms with Crippen LogP contribution in [0.3, 0.4) is 0 Å². The van der Waals surface area contributed by atoms with Crippen molar-refractivity contribution in [3.8, 4) is 0 Å². The number of para-hydroxylation sites is 2. The van der Waals surface area contributed by atoms with Crippen LogP contribution in [0.4, 0.5) is 0 Å². The van der Waals surface area contributed by atoms with Crippen molar-refractivity contribution in [1.29, 1.82) is 0 Å². The number of aliphatic hydroxyl groups is 1. The first-order valence-electron chi connectivity index (χ1n) is 10.3. The summed E-state index contributed by atoms with van der Waals surface area (Å²) in [4.78, 5) is 18.3. The Morgan fingerprint density at radius 1 is 0.968 bits per heavy atom. The van der Waals surface area contributed by atoms with Gasteiger partial charge in [-0.25, -0.2) is 0 Å². The molecule has 5 heteroatoms. The number of carbonyl (C=O) groups excluding carboxylic acids is 1. The van der Waals surface area contributed by atoms with E-state index in [0.29, 0.717) is 17.7 Å². The van der Waals surface area contributed by atoms with Gasteiger partial charge in [-0.05, 0) is 12.1 Å². The molecule has 154 valence electrons. The van der Waals surface area contributed by atoms with Crippen LogP contribution in [0.2, 0.25) is 0 Å². The molecule has 0 fully saturated rings. The molecule has 4 aromatic rings. The van der Waals surface area contributed by atoms with Gasteiger partial charge in [-0.1, -0.05) is 48.6 Å². The average molecular weight is 409 g/mol. The minimum Gasteiger partial charge on any atom is -0.369 e. The first kappa shape index (κ1) is 19.2. The Kier molecular flexibility index (Phi) is 4.60. The largest absolute Gasteiger partial charge is 0.369 e. The van der Waals surface area contributed by atoms with Gasteiger partial charge in [0.1, 0.15) is 0 Å². The van der Waals surface area contributed by atoms with E-state index in [1.807, 2.05) is 67.0 Å². The van der Waals surface area contributed by atoms with Crippen LogP contribution in [0, 0.1) is 0 Å². The lowest BCUT2D eigenvalue weighted by atomic mass is 9.95. The Hall–Kier alpha value is -3.83. The molecule has 0 aliphatic carbocycles. The van der Waals surface area contributed by atoms with Crippen LogP contribution in [0.15, 0.2) is 86.2 Å². The highest BCUT2D eigenvalue weighted by Gasteiger charge is 2.40. The van der Waals surface area contributed by atoms with Crippen molar-refractivity contribution < 1.29 is 9.90 Å². The van der Waals surface area contributed by atoms with Crippen LogP contribution in [0.1, 0.15) is 11.1 Å². The summed E-state index contributed by atoms with van der Waals surface area (Å²) >= 11 is 0. The molecule has 0 saturated heterocycles. The van der Waals surface area contributed by atoms with Crippen molar-refractivity contribution in [2.75, 3.05) is 6.54 Å². The van der Waals surface area contributed by atoms with Crippen LogP contribution in [-0.2, 0) is 11.3 Å². The van der Waals surface area contributed by atoms with E-state index in [1.54, 1.807) is 6.08 Å². The van der Waals surface area contributed by atoms with Gasteiger partial charge in [0.05, 0.1) is 5.57 Å². The highest BCUT2D eigenvalue weighted by molar-refractivity contribution is 6.33. The van der Waals surface area contributed by atoms with E-state index < -0.39 is 6.23 Å². The Bertz CT molecular complexity index is 1370. The highest BCUT2D eigenvalue weighted by Crippen LogP contribution is 2.42. The number of fused-ring (bicyclic) bond motifs is 2. The monoisotopic (exact) mass is 409 g/mol. The molecule has 2 aromatic heterocycles. The summed E-state index contributed by atoms with van der Waals surface area (Å²) in [5.41, 5.74) is 4.77. The molecule has 0 saturated carbocycles. The number of allylic oxidation sites excluding steroid dienone is 1. The molecule has 1 aliphatic rings. The molecule has 2 N–H and O–H groups in total. The Morgan fingerprint density at radius 3 is 2.45 bits per heavy atom. The standard InChI is InChI=1S/C26H23N3O2/c1-3-13-28-16-20(18-10-6-8-12-22(18)28)24-23(25(30)29(14-4-2)26(24)31)19-15-27-21-11-7-5-9-17(19)21/h3-12,15-16,25,27,30H,1-2,13-14H2. The first-order valence-corrected chi connectivity index (χ1v) is 10.3. The fourth-order valence-corrected chi connectivity index (χ4v) is 4.54. The van der Waals surface area contributed by atoms with Gasteiger partial charge in [0, 0.05) is 64.0 Å². The van der Waals surface area contributed by atoms with Crippen LogP contribution in [0.5, 0.6) is 0 Å². The summed E-state index contributed by atoms with van der Waals surface area (Å²) in [5, 5.41) is 13.2. The topological polar surface area (TPSA) is 61.3 Å². The molecule has 0 bridgehead atoms. The first-order chi connectivity index (χ1) is 15.2. The predicted molar refractivity (Wildman–Crippen MR) is 125 cm³/mol. The summed E-state index contributed by atoms with van der Waals surface area (Å²) in [6, 6.07) is 15.9. The van der Waals surface area contributed by atoms with E-state index in [1.165, 1.54) is 4.90 Å². The van der Waals surface area contributed by atoms with Gasteiger partial charge < -0.3 is 19.6 Å². The van der Waals surface area contributed by atoms with Crippen molar-refractivity contribution in [1.82, 2.24) is 14.5 Å². The minimum atomic E-state index is -1.05. The van der Waals surface area contributed by atoms with Crippen molar-refractivity contribution in [3.63, 3.8) is 0 Å². The molecular formula is C26H23N3O2. The molecule has 0 radical (unpaired) electrons. The van der Waals surface area contributed by atoms with Crippen molar-refractivity contribution in [2.45, 2.75) is 12.8 Å². The molecule has 5 rings (SSSR count). The zero-order valence-electron chi connectivity index (χ0n) is 17.1. The van der Waals surface area contributed by atoms with E-state index in [0.717, 1.165) is 32.9 Å². The summed E-state index contributed by atoms with van der Waals surface area (Å²) in [6.07, 6.45) is 6.27. The predicted octanol–water partition coefficient (Wildman–Crippen LogP) is 4.57. The number of nitrogens with one attached hydrogen (secondary N) is 1. The number of carbonyl (C=O) groups is 1. The maximum atomic E-state index is 13.6. The smallest absolute Gasteiger partial charge is 0.257 e. The van der Waals surface area contributed by atoms with E-state index in [9.17, 15) is 9.90 Å². The number of H-pyrrole nitrogens is 1. The van der Waals surface area contributed by atoms with Crippen LogP contribution in [-0.4, -0.2) is 38.2 Å². The lowest BCUT2D eigenvalue weighted by Gasteiger charge is -2.20. The second kappa shape index (κ2) is 7.45. The summed E-state index contributed by atoms with van der Waals surface area (Å²) in [7, 11) is 0. The lowest BCUT2D eigenvalue weighted by molar-refractivity contribution is -0.128. The van der Waals surface area contributed by atoms with Crippen molar-refractivity contribution in [3.05, 3.63) is 97.4 Å². The van der Waals surface area contributed by atoms with Gasteiger partial charge in [0.25, 0.3) is 5.91 Å². The Balaban J connectivity index is 1.83. The molecule has 1 unspecified atom stereocenters. The highest BCUT2D eigenvalue weighted by atomic mass is 16.3. The van der Waals surface area contributed by atoms with Crippen LogP contribution >= 0.6 is 0 Å². The number of amides is 1. The van der Waals surface area contributed by atoms with Gasteiger partial charge in [0.15, 0.2) is 6.23 Å². The maximum absolute atomic E-state index is 13.6. The zero-order valence-corrected chi connectivity index (χ0v) is 17.1. The van der Waals surface area contributed by atoms with Crippen LogP contribution in [0.25, 0.3) is 33.0 Å². The summed E-state index contributed by atoms with van der Waals surface area (Å²) < 4.78 is 2.08. The van der Waals surface area contributed by atoms with E-state index in [4.69, 9.17) is 0 Å². The van der Waals surface area contributed by atoms with E-state index in [-0.39, 0.29) is 12.5 Å². The van der Waals surface area contributed by atoms with Gasteiger partial charge >= 0.3 is 0 Å². The Labute approximate surface area is 180 Å². The third kappa shape index (κ3) is 2.86. The van der Waals surface area contributed by atoms with Gasteiger partial charge in [-0.3, -0.25) is 4.79 Å². The SMILES string of the molecule is C=CCN1C(=O)C(c2cn(CC=C)c3ccccc23)=C(c2c[nH]c3ccccc23)C1O. The second-order valence-corrected chi connectivity index (χ2v) is 7.66. The summed E-state index contributed by atoms with van der Waals surface area (Å²) in [6.45, 7) is 8.51. The van der Waals surface area contributed by atoms with Crippen molar-refractivity contribution >= 4 is 38.9 Å². The number of hydrogen-bond acceptors (Lipinski definition) is 2. The molecule has 1 amide bonds. The molecule has 31 heavy (non-hydrogen) atoms. The number of nitrogens with zero attached hydrogens (tertiary/aromatic N) is 2. The van der Waals surface area contributed by atoms with Gasteiger partial charge in [-0.2, -0.15) is 0 Å². The van der Waals surface area contributed by atoms with Gasteiger partial charge in [0.2, 0.25) is 0 Å². The molecule has 0 spiro atoms. The fraction of sp³-hybridized carbons (Fsp3) is 0.115. The van der Waals surface area contributed by atoms with E-state index >= 15 is 0 Å². The minimum absolute atomic E-state index is 0.200. The molecule has 1 aliphatic heterocycles. The molecule has 1 atom stereocenters. The second-order valence-electron chi connectivity index (χ2n) is 7.66. The maximum Gasteiger partial charge on any atom is 0.257 e. The number of hydrogen-bond donors (Lipinski definition) is 2. The molecule has 3 heterocycles. The summed E-state index contributed by atoms with van der Waals surface area (Å²) in [5.74, 6) is -0.200. The molecule has 2 aromatic carbocycles. The van der Waals surface area contributed by atoms with Gasteiger partial charge in [-0.15, -0.1) is 13.2 Å². The average Bonchev–Trinajstić information content (AvgIpc) is 3.43. The normalized spacial score (nSPS) is 16.6. The molecular weight excluding hydrogens is 386 g/mol. The lowest BCUT2D eigenvalue weighted by Crippen LogP contribution is -2.35. The molecule has 5 nitrogen and oxygen atoms in total. The third-order valence-corrected chi connectivity index (χ3v) is 5.89. The quantitative estimate of drug-likeness (QED) is 0.459. The number of aromatic amines is 1. The fourth-order valence-electron chi connectivity index (χ4n) is 4.54. The number of aromatic nitrogens is 2. The Morgan fingerprint density at radius 2 is 1.68 bits per heavy atom. The van der Waals surface area contributed by atoms with E-state index in [2.05, 4.69) is 22.7 Å². The van der Waals surface area contributed by atoms with Crippen LogP contribution < -0.4 is 0 Å². The number of rotatable bonds is 6. The number of aliphatic hydroxyl groups excluding tert-OH is 1. The number of benzene rings is 2. The van der Waals surface area contributed by atoms with Crippen molar-refractivity contribution in [2.24, 2.45) is 0 Å².